The SMILES string of the molecule is Cc1c(C2CC2)ccc(-n2c(Br)nnc2CN)c1C. The molecule has 0 aliphatic heterocycles. The fourth-order valence-corrected chi connectivity index (χ4v) is 3.05. The smallest absolute Gasteiger partial charge is 0.204 e. The highest BCUT2D eigenvalue weighted by Gasteiger charge is 2.26. The van der Waals surface area contributed by atoms with E-state index in [1.165, 1.54) is 29.5 Å². The Morgan fingerprint density at radius 1 is 1.26 bits per heavy atom. The van der Waals surface area contributed by atoms with Gasteiger partial charge in [0.2, 0.25) is 4.73 Å². The van der Waals surface area contributed by atoms with E-state index < -0.39 is 0 Å². The molecule has 0 spiro atoms. The Morgan fingerprint density at radius 2 is 2.00 bits per heavy atom. The standard InChI is InChI=1S/C14H17BrN4/c1-8-9(2)12(6-5-11(8)10-3-4-10)19-13(7-16)17-18-14(19)15/h5-6,10H,3-4,7,16H2,1-2H3. The van der Waals surface area contributed by atoms with Gasteiger partial charge >= 0.3 is 0 Å². The molecule has 1 aromatic heterocycles. The number of hydrogen-bond acceptors (Lipinski definition) is 3. The van der Waals surface area contributed by atoms with Gasteiger partial charge in [-0.05, 0) is 71.3 Å². The van der Waals surface area contributed by atoms with Gasteiger partial charge in [-0.15, -0.1) is 10.2 Å². The summed E-state index contributed by atoms with van der Waals surface area (Å²) in [6.07, 6.45) is 2.65. The Hall–Kier alpha value is -1.20. The van der Waals surface area contributed by atoms with Crippen molar-refractivity contribution in [3.8, 4) is 5.69 Å². The summed E-state index contributed by atoms with van der Waals surface area (Å²) in [6.45, 7) is 4.73. The molecular formula is C14H17BrN4. The molecule has 1 saturated carbocycles. The van der Waals surface area contributed by atoms with Crippen LogP contribution in [0, 0.1) is 13.8 Å². The van der Waals surface area contributed by atoms with Crippen LogP contribution in [0.5, 0.6) is 0 Å². The van der Waals surface area contributed by atoms with Crippen molar-refractivity contribution in [3.63, 3.8) is 0 Å². The highest BCUT2D eigenvalue weighted by atomic mass is 79.9. The van der Waals surface area contributed by atoms with Crippen molar-refractivity contribution in [2.75, 3.05) is 0 Å². The summed E-state index contributed by atoms with van der Waals surface area (Å²) in [6, 6.07) is 4.39. The summed E-state index contributed by atoms with van der Waals surface area (Å²) in [4.78, 5) is 0. The molecule has 0 bridgehead atoms. The van der Waals surface area contributed by atoms with Crippen LogP contribution in [0.15, 0.2) is 16.9 Å². The van der Waals surface area contributed by atoms with Crippen LogP contribution < -0.4 is 5.73 Å². The first-order chi connectivity index (χ1) is 9.13. The maximum atomic E-state index is 5.73. The predicted octanol–water partition coefficient (Wildman–Crippen LogP) is 2.98. The molecule has 3 rings (SSSR count). The van der Waals surface area contributed by atoms with Gasteiger partial charge in [-0.3, -0.25) is 4.57 Å². The van der Waals surface area contributed by atoms with Gasteiger partial charge in [-0.2, -0.15) is 0 Å². The Bertz CT molecular complexity index is 629. The first kappa shape index (κ1) is 12.8. The molecule has 1 heterocycles. The number of halogens is 1. The maximum absolute atomic E-state index is 5.73. The zero-order valence-corrected chi connectivity index (χ0v) is 12.7. The fraction of sp³-hybridized carbons (Fsp3) is 0.429. The summed E-state index contributed by atoms with van der Waals surface area (Å²) < 4.78 is 2.69. The van der Waals surface area contributed by atoms with E-state index in [4.69, 9.17) is 5.73 Å². The Labute approximate surface area is 121 Å². The van der Waals surface area contributed by atoms with Crippen LogP contribution in [0.4, 0.5) is 0 Å². The second-order valence-corrected chi connectivity index (χ2v) is 5.83. The van der Waals surface area contributed by atoms with Crippen molar-refractivity contribution in [1.82, 2.24) is 14.8 Å². The predicted molar refractivity (Wildman–Crippen MR) is 78.4 cm³/mol. The van der Waals surface area contributed by atoms with Gasteiger partial charge in [0.05, 0.1) is 12.2 Å². The molecule has 0 saturated heterocycles. The number of hydrogen-bond donors (Lipinski definition) is 1. The summed E-state index contributed by atoms with van der Waals surface area (Å²) >= 11 is 3.45. The van der Waals surface area contributed by atoms with Crippen LogP contribution in [0.1, 0.15) is 41.3 Å². The molecule has 0 atom stereocenters. The Morgan fingerprint density at radius 3 is 2.63 bits per heavy atom. The number of nitrogens with zero attached hydrogens (tertiary/aromatic N) is 3. The molecule has 0 amide bonds. The lowest BCUT2D eigenvalue weighted by Gasteiger charge is -2.15. The Kier molecular flexibility index (Phi) is 3.19. The van der Waals surface area contributed by atoms with Gasteiger partial charge < -0.3 is 5.73 Å². The lowest BCUT2D eigenvalue weighted by molar-refractivity contribution is 0.848. The van der Waals surface area contributed by atoms with Crippen molar-refractivity contribution < 1.29 is 0 Å². The van der Waals surface area contributed by atoms with Crippen molar-refractivity contribution >= 4 is 15.9 Å². The van der Waals surface area contributed by atoms with Crippen LogP contribution >= 0.6 is 15.9 Å². The quantitative estimate of drug-likeness (QED) is 0.945. The van der Waals surface area contributed by atoms with Gasteiger partial charge in [0, 0.05) is 0 Å². The second-order valence-electron chi connectivity index (χ2n) is 5.12. The molecule has 1 aliphatic carbocycles. The molecule has 1 aliphatic rings. The zero-order chi connectivity index (χ0) is 13.6. The molecule has 4 nitrogen and oxygen atoms in total. The molecule has 19 heavy (non-hydrogen) atoms. The molecule has 2 N–H and O–H groups in total. The van der Waals surface area contributed by atoms with Crippen molar-refractivity contribution in [1.29, 1.82) is 0 Å². The molecule has 0 unspecified atom stereocenters. The summed E-state index contributed by atoms with van der Waals surface area (Å²) in [7, 11) is 0. The van der Waals surface area contributed by atoms with Gasteiger partial charge in [0.25, 0.3) is 0 Å². The van der Waals surface area contributed by atoms with Crippen molar-refractivity contribution in [3.05, 3.63) is 39.4 Å². The van der Waals surface area contributed by atoms with Crippen LogP contribution in [-0.4, -0.2) is 14.8 Å². The van der Waals surface area contributed by atoms with Gasteiger partial charge in [0.1, 0.15) is 0 Å². The third-order valence-corrected chi connectivity index (χ3v) is 4.44. The van der Waals surface area contributed by atoms with Gasteiger partial charge in [-0.1, -0.05) is 6.07 Å². The van der Waals surface area contributed by atoms with E-state index in [-0.39, 0.29) is 0 Å². The van der Waals surface area contributed by atoms with E-state index in [0.717, 1.165) is 17.4 Å². The second kappa shape index (κ2) is 4.72. The minimum Gasteiger partial charge on any atom is -0.324 e. The lowest BCUT2D eigenvalue weighted by Crippen LogP contribution is -2.09. The van der Waals surface area contributed by atoms with Crippen molar-refractivity contribution in [2.45, 2.75) is 39.2 Å². The summed E-state index contributed by atoms with van der Waals surface area (Å²) in [5.74, 6) is 1.54. The van der Waals surface area contributed by atoms with E-state index >= 15 is 0 Å². The number of benzene rings is 1. The average molecular weight is 321 g/mol. The fourth-order valence-electron chi connectivity index (χ4n) is 2.57. The first-order valence-corrected chi connectivity index (χ1v) is 7.33. The number of aromatic nitrogens is 3. The van der Waals surface area contributed by atoms with Crippen LogP contribution in [0.25, 0.3) is 5.69 Å². The topological polar surface area (TPSA) is 56.7 Å². The minimum atomic E-state index is 0.376. The van der Waals surface area contributed by atoms with E-state index in [1.54, 1.807) is 0 Å². The van der Waals surface area contributed by atoms with Crippen LogP contribution in [0.2, 0.25) is 0 Å². The van der Waals surface area contributed by atoms with E-state index in [0.29, 0.717) is 11.3 Å². The largest absolute Gasteiger partial charge is 0.324 e. The first-order valence-electron chi connectivity index (χ1n) is 6.53. The van der Waals surface area contributed by atoms with E-state index in [9.17, 15) is 0 Å². The average Bonchev–Trinajstić information content (AvgIpc) is 3.17. The normalized spacial score (nSPS) is 14.9. The van der Waals surface area contributed by atoms with Crippen molar-refractivity contribution in [2.24, 2.45) is 5.73 Å². The Balaban J connectivity index is 2.15. The molecule has 100 valence electrons. The maximum Gasteiger partial charge on any atom is 0.204 e. The molecule has 2 aromatic rings. The monoisotopic (exact) mass is 320 g/mol. The third kappa shape index (κ3) is 2.11. The van der Waals surface area contributed by atoms with E-state index in [2.05, 4.69) is 52.1 Å². The summed E-state index contributed by atoms with van der Waals surface area (Å²) in [5.41, 5.74) is 11.0. The molecule has 1 fully saturated rings. The minimum absolute atomic E-state index is 0.376. The van der Waals surface area contributed by atoms with Crippen LogP contribution in [-0.2, 0) is 6.54 Å². The lowest BCUT2D eigenvalue weighted by atomic mass is 9.98. The van der Waals surface area contributed by atoms with E-state index in [1.807, 2.05) is 4.57 Å². The number of rotatable bonds is 3. The van der Waals surface area contributed by atoms with Gasteiger partial charge in [0.15, 0.2) is 5.82 Å². The van der Waals surface area contributed by atoms with Gasteiger partial charge in [-0.25, -0.2) is 0 Å². The number of nitrogens with two attached hydrogens (primary N) is 1. The highest BCUT2D eigenvalue weighted by molar-refractivity contribution is 9.10. The summed E-state index contributed by atoms with van der Waals surface area (Å²) in [5, 5.41) is 8.15. The molecule has 5 heteroatoms. The molecular weight excluding hydrogens is 304 g/mol. The zero-order valence-electron chi connectivity index (χ0n) is 11.2. The highest BCUT2D eigenvalue weighted by Crippen LogP contribution is 2.43. The van der Waals surface area contributed by atoms with Crippen LogP contribution in [0.3, 0.4) is 0 Å². The third-order valence-electron chi connectivity index (χ3n) is 3.93. The molecule has 1 aromatic carbocycles. The molecule has 0 radical (unpaired) electrons.